The molecular weight excluding hydrogens is 340 g/mol. The third-order valence-corrected chi connectivity index (χ3v) is 4.59. The largest absolute Gasteiger partial charge is 0.465 e. The lowest BCUT2D eigenvalue weighted by Crippen LogP contribution is -2.10. The molecule has 0 heterocycles. The van der Waals surface area contributed by atoms with E-state index in [9.17, 15) is 13.2 Å². The Hall–Kier alpha value is -2.67. The average Bonchev–Trinajstić information content (AvgIpc) is 2.60. The highest BCUT2D eigenvalue weighted by Gasteiger charge is 2.13. The van der Waals surface area contributed by atoms with Crippen LogP contribution in [0.15, 0.2) is 57.8 Å². The summed E-state index contributed by atoms with van der Waals surface area (Å²) in [5.74, 6) is -0.406. The van der Waals surface area contributed by atoms with Gasteiger partial charge in [-0.25, -0.2) is 4.79 Å². The molecule has 2 rings (SSSR count). The molecule has 0 bridgehead atoms. The summed E-state index contributed by atoms with van der Waals surface area (Å²) >= 11 is 0. The zero-order chi connectivity index (χ0) is 18.4. The lowest BCUT2D eigenvalue weighted by atomic mass is 10.0. The van der Waals surface area contributed by atoms with Crippen molar-refractivity contribution < 1.29 is 17.9 Å². The van der Waals surface area contributed by atoms with Crippen LogP contribution in [-0.2, 0) is 21.2 Å². The number of nitrogens with zero attached hydrogens (tertiary/aromatic N) is 2. The standard InChI is InChI=1S/C18H20N2O4S/c1-20(2)13-19-25(22,23)17-9-5-7-15(12-17)10-14-6-4-8-16(11-14)18(21)24-3/h4-9,11-13H,10H2,1-3H3/b19-13+. The number of hydrogen-bond acceptors (Lipinski definition) is 4. The second kappa shape index (κ2) is 7.94. The number of carbonyl (C=O) groups excluding carboxylic acids is 1. The van der Waals surface area contributed by atoms with Crippen LogP contribution in [0, 0.1) is 0 Å². The van der Waals surface area contributed by atoms with Crippen molar-refractivity contribution in [3.05, 3.63) is 65.2 Å². The lowest BCUT2D eigenvalue weighted by molar-refractivity contribution is 0.0600. The summed E-state index contributed by atoms with van der Waals surface area (Å²) in [4.78, 5) is 13.3. The van der Waals surface area contributed by atoms with Gasteiger partial charge in [-0.15, -0.1) is 4.40 Å². The first-order chi connectivity index (χ1) is 11.8. The maximum absolute atomic E-state index is 12.2. The van der Waals surface area contributed by atoms with Crippen LogP contribution in [0.4, 0.5) is 0 Å². The fraction of sp³-hybridized carbons (Fsp3) is 0.222. The van der Waals surface area contributed by atoms with Crippen molar-refractivity contribution in [1.82, 2.24) is 4.90 Å². The summed E-state index contributed by atoms with van der Waals surface area (Å²) < 4.78 is 32.8. The number of ether oxygens (including phenoxy) is 1. The fourth-order valence-electron chi connectivity index (χ4n) is 2.19. The van der Waals surface area contributed by atoms with Gasteiger partial charge in [-0.3, -0.25) is 0 Å². The van der Waals surface area contributed by atoms with Crippen molar-refractivity contribution in [3.63, 3.8) is 0 Å². The number of hydrogen-bond donors (Lipinski definition) is 0. The Morgan fingerprint density at radius 3 is 2.40 bits per heavy atom. The summed E-state index contributed by atoms with van der Waals surface area (Å²) in [5, 5.41) is 0. The average molecular weight is 360 g/mol. The van der Waals surface area contributed by atoms with E-state index in [0.717, 1.165) is 11.1 Å². The SMILES string of the molecule is COC(=O)c1cccc(Cc2cccc(S(=O)(=O)/N=C/N(C)C)c2)c1. The number of sulfonamides is 1. The number of carbonyl (C=O) groups is 1. The van der Waals surface area contributed by atoms with Crippen LogP contribution >= 0.6 is 0 Å². The van der Waals surface area contributed by atoms with Gasteiger partial charge in [0.25, 0.3) is 10.0 Å². The van der Waals surface area contributed by atoms with E-state index in [-0.39, 0.29) is 4.90 Å². The van der Waals surface area contributed by atoms with Gasteiger partial charge in [0.1, 0.15) is 6.34 Å². The van der Waals surface area contributed by atoms with Crippen LogP contribution in [0.25, 0.3) is 0 Å². The molecule has 0 N–H and O–H groups in total. The van der Waals surface area contributed by atoms with E-state index in [1.807, 2.05) is 12.1 Å². The van der Waals surface area contributed by atoms with Gasteiger partial charge in [-0.1, -0.05) is 24.3 Å². The van der Waals surface area contributed by atoms with Crippen molar-refractivity contribution in [1.29, 1.82) is 0 Å². The third kappa shape index (κ3) is 5.15. The Labute approximate surface area is 147 Å². The van der Waals surface area contributed by atoms with Crippen LogP contribution in [-0.4, -0.2) is 46.8 Å². The highest BCUT2D eigenvalue weighted by molar-refractivity contribution is 7.90. The molecule has 0 radical (unpaired) electrons. The van der Waals surface area contributed by atoms with E-state index in [4.69, 9.17) is 4.74 Å². The van der Waals surface area contributed by atoms with Crippen molar-refractivity contribution in [2.45, 2.75) is 11.3 Å². The van der Waals surface area contributed by atoms with E-state index < -0.39 is 16.0 Å². The molecule has 0 amide bonds. The summed E-state index contributed by atoms with van der Waals surface area (Å²) in [6.45, 7) is 0. The maximum atomic E-state index is 12.2. The minimum absolute atomic E-state index is 0.132. The van der Waals surface area contributed by atoms with E-state index in [2.05, 4.69) is 4.40 Å². The molecule has 0 spiro atoms. The molecule has 0 saturated heterocycles. The molecule has 2 aromatic carbocycles. The van der Waals surface area contributed by atoms with Crippen LogP contribution < -0.4 is 0 Å². The van der Waals surface area contributed by atoms with Crippen LogP contribution in [0.5, 0.6) is 0 Å². The Bertz CT molecular complexity index is 889. The van der Waals surface area contributed by atoms with Gasteiger partial charge < -0.3 is 9.64 Å². The summed E-state index contributed by atoms with van der Waals surface area (Å²) in [7, 11) is 0.985. The van der Waals surface area contributed by atoms with Crippen LogP contribution in [0.2, 0.25) is 0 Å². The normalized spacial score (nSPS) is 11.5. The molecule has 0 aliphatic carbocycles. The highest BCUT2D eigenvalue weighted by Crippen LogP contribution is 2.18. The molecule has 0 fully saturated rings. The van der Waals surface area contributed by atoms with E-state index >= 15 is 0 Å². The van der Waals surface area contributed by atoms with Gasteiger partial charge in [0.2, 0.25) is 0 Å². The Balaban J connectivity index is 2.27. The first-order valence-electron chi connectivity index (χ1n) is 7.55. The predicted molar refractivity (Wildman–Crippen MR) is 96.4 cm³/mol. The monoisotopic (exact) mass is 360 g/mol. The maximum Gasteiger partial charge on any atom is 0.337 e. The van der Waals surface area contributed by atoms with Crippen LogP contribution in [0.3, 0.4) is 0 Å². The Kier molecular flexibility index (Phi) is 5.93. The van der Waals surface area contributed by atoms with E-state index in [1.54, 1.807) is 49.3 Å². The Morgan fingerprint density at radius 1 is 1.12 bits per heavy atom. The van der Waals surface area contributed by atoms with Crippen LogP contribution in [0.1, 0.15) is 21.5 Å². The zero-order valence-corrected chi connectivity index (χ0v) is 15.2. The van der Waals surface area contributed by atoms with Crippen molar-refractivity contribution in [2.24, 2.45) is 4.40 Å². The number of methoxy groups -OCH3 is 1. The molecule has 0 aliphatic rings. The molecule has 132 valence electrons. The van der Waals surface area contributed by atoms with Gasteiger partial charge in [-0.2, -0.15) is 8.42 Å². The second-order valence-corrected chi connectivity index (χ2v) is 7.31. The van der Waals surface area contributed by atoms with Gasteiger partial charge in [0.05, 0.1) is 17.6 Å². The smallest absolute Gasteiger partial charge is 0.337 e. The minimum atomic E-state index is -3.74. The van der Waals surface area contributed by atoms with Gasteiger partial charge in [0, 0.05) is 14.1 Å². The van der Waals surface area contributed by atoms with E-state index in [0.29, 0.717) is 12.0 Å². The molecule has 0 unspecified atom stereocenters. The van der Waals surface area contributed by atoms with Gasteiger partial charge >= 0.3 is 5.97 Å². The molecule has 0 saturated carbocycles. The predicted octanol–water partition coefficient (Wildman–Crippen LogP) is 2.34. The topological polar surface area (TPSA) is 76.0 Å². The molecule has 6 nitrogen and oxygen atoms in total. The third-order valence-electron chi connectivity index (χ3n) is 3.37. The molecule has 2 aromatic rings. The minimum Gasteiger partial charge on any atom is -0.465 e. The summed E-state index contributed by atoms with van der Waals surface area (Å²) in [6.07, 6.45) is 1.74. The fourth-order valence-corrected chi connectivity index (χ4v) is 3.18. The highest BCUT2D eigenvalue weighted by atomic mass is 32.2. The van der Waals surface area contributed by atoms with E-state index in [1.165, 1.54) is 19.5 Å². The quantitative estimate of drug-likeness (QED) is 0.449. The van der Waals surface area contributed by atoms with Gasteiger partial charge in [0.15, 0.2) is 0 Å². The van der Waals surface area contributed by atoms with Crippen molar-refractivity contribution in [3.8, 4) is 0 Å². The molecule has 25 heavy (non-hydrogen) atoms. The zero-order valence-electron chi connectivity index (χ0n) is 14.3. The lowest BCUT2D eigenvalue weighted by Gasteiger charge is -2.07. The first kappa shape index (κ1) is 18.7. The molecule has 7 heteroatoms. The van der Waals surface area contributed by atoms with Crippen molar-refractivity contribution in [2.75, 3.05) is 21.2 Å². The van der Waals surface area contributed by atoms with Crippen molar-refractivity contribution >= 4 is 22.3 Å². The molecule has 0 aromatic heterocycles. The second-order valence-electron chi connectivity index (χ2n) is 5.68. The summed E-state index contributed by atoms with van der Waals surface area (Å²) in [5.41, 5.74) is 2.15. The molecule has 0 atom stereocenters. The van der Waals surface area contributed by atoms with Gasteiger partial charge in [-0.05, 0) is 41.8 Å². The number of benzene rings is 2. The summed E-state index contributed by atoms with van der Waals surface area (Å²) in [6, 6.07) is 13.7. The first-order valence-corrected chi connectivity index (χ1v) is 8.99. The Morgan fingerprint density at radius 2 is 1.76 bits per heavy atom. The number of rotatable bonds is 6. The number of esters is 1. The molecular formula is C18H20N2O4S. The molecule has 0 aliphatic heterocycles.